The van der Waals surface area contributed by atoms with Gasteiger partial charge >= 0.3 is 0 Å². The van der Waals surface area contributed by atoms with Gasteiger partial charge in [-0.15, -0.1) is 0 Å². The summed E-state index contributed by atoms with van der Waals surface area (Å²) in [5.74, 6) is 2.22. The van der Waals surface area contributed by atoms with E-state index in [0.717, 1.165) is 11.3 Å². The Hall–Kier alpha value is -0.390. The molecule has 0 radical (unpaired) electrons. The summed E-state index contributed by atoms with van der Waals surface area (Å²) in [5.41, 5.74) is 7.13. The number of thioether (sulfide) groups is 2. The number of halogens is 1. The molecule has 0 bridgehead atoms. The van der Waals surface area contributed by atoms with Gasteiger partial charge in [-0.1, -0.05) is 13.0 Å². The first kappa shape index (κ1) is 14.0. The van der Waals surface area contributed by atoms with E-state index in [1.807, 2.05) is 29.6 Å². The van der Waals surface area contributed by atoms with Crippen LogP contribution in [0.1, 0.15) is 18.5 Å². The molecule has 18 heavy (non-hydrogen) atoms. The van der Waals surface area contributed by atoms with Crippen LogP contribution in [0.4, 0.5) is 4.39 Å². The fourth-order valence-electron chi connectivity index (χ4n) is 2.12. The third kappa shape index (κ3) is 2.95. The summed E-state index contributed by atoms with van der Waals surface area (Å²) in [4.78, 5) is 0. The van der Waals surface area contributed by atoms with E-state index in [1.165, 1.54) is 18.9 Å². The van der Waals surface area contributed by atoms with Crippen molar-refractivity contribution >= 4 is 23.5 Å². The molecule has 2 nitrogen and oxygen atoms in total. The van der Waals surface area contributed by atoms with Gasteiger partial charge in [-0.2, -0.15) is 23.5 Å². The highest BCUT2D eigenvalue weighted by Gasteiger charge is 2.29. The molecule has 1 saturated heterocycles. The average molecular weight is 287 g/mol. The molecule has 1 aromatic carbocycles. The second-order valence-corrected chi connectivity index (χ2v) is 7.10. The third-order valence-electron chi connectivity index (χ3n) is 3.15. The highest BCUT2D eigenvalue weighted by atomic mass is 32.2. The number of hydrogen-bond acceptors (Lipinski definition) is 4. The number of hydrogen-bond donors (Lipinski definition) is 1. The molecule has 2 rings (SSSR count). The Morgan fingerprint density at radius 1 is 1.39 bits per heavy atom. The molecular weight excluding hydrogens is 269 g/mol. The average Bonchev–Trinajstić information content (AvgIpc) is 2.38. The van der Waals surface area contributed by atoms with Crippen LogP contribution in [0, 0.1) is 5.82 Å². The fraction of sp³-hybridized carbons (Fsp3) is 0.538. The van der Waals surface area contributed by atoms with Crippen molar-refractivity contribution in [2.24, 2.45) is 5.73 Å². The Kier molecular flexibility index (Phi) is 4.81. The van der Waals surface area contributed by atoms with Crippen LogP contribution in [0.25, 0.3) is 0 Å². The van der Waals surface area contributed by atoms with E-state index in [9.17, 15) is 4.39 Å². The lowest BCUT2D eigenvalue weighted by Crippen LogP contribution is -2.34. The Bertz CT molecular complexity index is 416. The van der Waals surface area contributed by atoms with Crippen LogP contribution < -0.4 is 10.5 Å². The Morgan fingerprint density at radius 2 is 2.11 bits per heavy atom. The van der Waals surface area contributed by atoms with Gasteiger partial charge in [-0.05, 0) is 17.7 Å². The molecule has 5 heteroatoms. The molecule has 0 spiro atoms. The molecule has 0 aliphatic carbocycles. The zero-order valence-corrected chi connectivity index (χ0v) is 12.2. The summed E-state index contributed by atoms with van der Waals surface area (Å²) in [6.07, 6.45) is 0. The smallest absolute Gasteiger partial charge is 0.165 e. The minimum absolute atomic E-state index is 0.127. The van der Waals surface area contributed by atoms with E-state index in [1.54, 1.807) is 6.07 Å². The van der Waals surface area contributed by atoms with Crippen molar-refractivity contribution in [3.8, 4) is 5.75 Å². The van der Waals surface area contributed by atoms with Crippen molar-refractivity contribution in [1.82, 2.24) is 0 Å². The van der Waals surface area contributed by atoms with Crippen molar-refractivity contribution in [1.29, 1.82) is 0 Å². The first-order valence-corrected chi connectivity index (χ1v) is 8.05. The van der Waals surface area contributed by atoms with E-state index < -0.39 is 0 Å². The number of ether oxygens (including phenoxy) is 1. The van der Waals surface area contributed by atoms with Crippen LogP contribution in [0.5, 0.6) is 5.75 Å². The number of benzene rings is 1. The van der Waals surface area contributed by atoms with Crippen molar-refractivity contribution in [3.05, 3.63) is 29.6 Å². The molecule has 1 fully saturated rings. The maximum atomic E-state index is 13.7. The van der Waals surface area contributed by atoms with Gasteiger partial charge in [0.2, 0.25) is 0 Å². The summed E-state index contributed by atoms with van der Waals surface area (Å²) in [6, 6.07) is 4.88. The van der Waals surface area contributed by atoms with Crippen LogP contribution in [-0.2, 0) is 0 Å². The zero-order valence-electron chi connectivity index (χ0n) is 10.6. The largest absolute Gasteiger partial charge is 0.494 e. The van der Waals surface area contributed by atoms with Gasteiger partial charge in [0.25, 0.3) is 0 Å². The standard InChI is InChI=1S/C13H18FNOS2/c1-8-13(18-6-5-17-8)12(15)9-3-4-11(16-2)10(14)7-9/h3-4,7-8,12-13H,5-6,15H2,1-2H3. The normalized spacial score (nSPS) is 25.8. The first-order chi connectivity index (χ1) is 8.63. The van der Waals surface area contributed by atoms with Gasteiger partial charge in [0, 0.05) is 28.0 Å². The van der Waals surface area contributed by atoms with E-state index >= 15 is 0 Å². The molecule has 1 heterocycles. The second kappa shape index (κ2) is 6.17. The molecule has 0 aromatic heterocycles. The van der Waals surface area contributed by atoms with Gasteiger partial charge < -0.3 is 10.5 Å². The van der Waals surface area contributed by atoms with Gasteiger partial charge in [0.15, 0.2) is 11.6 Å². The highest BCUT2D eigenvalue weighted by molar-refractivity contribution is 8.07. The lowest BCUT2D eigenvalue weighted by molar-refractivity contribution is 0.386. The SMILES string of the molecule is COc1ccc(C(N)C2SCCSC2C)cc1F. The van der Waals surface area contributed by atoms with Crippen LogP contribution in [0.15, 0.2) is 18.2 Å². The van der Waals surface area contributed by atoms with Crippen LogP contribution in [-0.4, -0.2) is 29.1 Å². The van der Waals surface area contributed by atoms with Crippen LogP contribution in [0.2, 0.25) is 0 Å². The number of rotatable bonds is 3. The zero-order chi connectivity index (χ0) is 13.1. The van der Waals surface area contributed by atoms with Gasteiger partial charge in [-0.3, -0.25) is 0 Å². The van der Waals surface area contributed by atoms with Crippen LogP contribution in [0.3, 0.4) is 0 Å². The van der Waals surface area contributed by atoms with Gasteiger partial charge in [-0.25, -0.2) is 4.39 Å². The summed E-state index contributed by atoms with van der Waals surface area (Å²) in [7, 11) is 1.47. The molecule has 1 aromatic rings. The maximum Gasteiger partial charge on any atom is 0.165 e. The Balaban J connectivity index is 2.17. The molecule has 0 amide bonds. The van der Waals surface area contributed by atoms with Crippen molar-refractivity contribution in [2.75, 3.05) is 18.6 Å². The van der Waals surface area contributed by atoms with Crippen molar-refractivity contribution in [3.63, 3.8) is 0 Å². The Labute approximate surface area is 116 Å². The predicted molar refractivity (Wildman–Crippen MR) is 78.0 cm³/mol. The molecule has 0 saturated carbocycles. The highest BCUT2D eigenvalue weighted by Crippen LogP contribution is 2.38. The van der Waals surface area contributed by atoms with Crippen molar-refractivity contribution < 1.29 is 9.13 Å². The summed E-state index contributed by atoms with van der Waals surface area (Å²) in [6.45, 7) is 2.20. The lowest BCUT2D eigenvalue weighted by atomic mass is 10.0. The van der Waals surface area contributed by atoms with E-state index in [-0.39, 0.29) is 17.6 Å². The molecule has 1 aliphatic rings. The fourth-order valence-corrected chi connectivity index (χ4v) is 5.00. The summed E-state index contributed by atoms with van der Waals surface area (Å²) in [5, 5.41) is 0.848. The molecule has 1 aliphatic heterocycles. The minimum atomic E-state index is -0.341. The molecule has 2 N–H and O–H groups in total. The van der Waals surface area contributed by atoms with E-state index in [2.05, 4.69) is 6.92 Å². The molecule has 3 unspecified atom stereocenters. The Morgan fingerprint density at radius 3 is 2.72 bits per heavy atom. The number of nitrogens with two attached hydrogens (primary N) is 1. The van der Waals surface area contributed by atoms with Gasteiger partial charge in [0.1, 0.15) is 0 Å². The predicted octanol–water partition coefficient (Wildman–Crippen LogP) is 3.07. The van der Waals surface area contributed by atoms with E-state index in [4.69, 9.17) is 10.5 Å². The maximum absolute atomic E-state index is 13.7. The topological polar surface area (TPSA) is 35.2 Å². The minimum Gasteiger partial charge on any atom is -0.494 e. The van der Waals surface area contributed by atoms with Gasteiger partial charge in [0.05, 0.1) is 7.11 Å². The first-order valence-electron chi connectivity index (χ1n) is 5.95. The second-order valence-electron chi connectivity index (χ2n) is 4.33. The monoisotopic (exact) mass is 287 g/mol. The quantitative estimate of drug-likeness (QED) is 0.926. The lowest BCUT2D eigenvalue weighted by Gasteiger charge is -2.32. The molecule has 3 atom stereocenters. The number of methoxy groups -OCH3 is 1. The van der Waals surface area contributed by atoms with Crippen LogP contribution >= 0.6 is 23.5 Å². The van der Waals surface area contributed by atoms with Crippen molar-refractivity contribution in [2.45, 2.75) is 23.5 Å². The summed E-state index contributed by atoms with van der Waals surface area (Å²) >= 11 is 3.83. The third-order valence-corrected chi connectivity index (χ3v) is 6.37. The summed E-state index contributed by atoms with van der Waals surface area (Å²) < 4.78 is 18.6. The van der Waals surface area contributed by atoms with E-state index in [0.29, 0.717) is 10.5 Å². The molecule has 100 valence electrons. The molecular formula is C13H18FNOS2.